The van der Waals surface area contributed by atoms with Gasteiger partial charge in [0, 0.05) is 18.7 Å². The molecule has 3 aromatic rings. The van der Waals surface area contributed by atoms with Gasteiger partial charge in [-0.25, -0.2) is 0 Å². The highest BCUT2D eigenvalue weighted by Crippen LogP contribution is 2.31. The lowest BCUT2D eigenvalue weighted by atomic mass is 10.2. The zero-order chi connectivity index (χ0) is 21.5. The molecule has 1 heterocycles. The molecule has 1 amide bonds. The Morgan fingerprint density at radius 2 is 1.70 bits per heavy atom. The molecule has 0 saturated heterocycles. The number of hydrogen-bond donors (Lipinski definition) is 2. The molecule has 0 spiro atoms. The fraction of sp³-hybridized carbons (Fsp3) is 0.250. The van der Waals surface area contributed by atoms with Gasteiger partial charge in [-0.15, -0.1) is 10.2 Å². The number of rotatable bonds is 9. The van der Waals surface area contributed by atoms with E-state index in [1.807, 2.05) is 22.8 Å². The number of halogens is 3. The van der Waals surface area contributed by atoms with Crippen LogP contribution in [0.5, 0.6) is 0 Å². The van der Waals surface area contributed by atoms with Crippen molar-refractivity contribution < 1.29 is 9.90 Å². The molecule has 1 aromatic heterocycles. The highest BCUT2D eigenvalue weighted by molar-refractivity contribution is 7.99. The Morgan fingerprint density at radius 3 is 2.40 bits per heavy atom. The molecule has 0 aliphatic carbocycles. The highest BCUT2D eigenvalue weighted by atomic mass is 35.5. The molecule has 0 aliphatic rings. The van der Waals surface area contributed by atoms with Crippen LogP contribution in [0.1, 0.15) is 12.8 Å². The smallest absolute Gasteiger partial charge is 0.234 e. The van der Waals surface area contributed by atoms with Gasteiger partial charge in [-0.1, -0.05) is 64.8 Å². The number of unbranched alkanes of at least 4 members (excludes halogenated alkanes) is 1. The first kappa shape index (κ1) is 22.9. The average Bonchev–Trinajstić information content (AvgIpc) is 3.12. The van der Waals surface area contributed by atoms with Crippen molar-refractivity contribution in [2.45, 2.75) is 24.5 Å². The predicted octanol–water partition coefficient (Wildman–Crippen LogP) is 5.41. The minimum Gasteiger partial charge on any atom is -0.396 e. The summed E-state index contributed by atoms with van der Waals surface area (Å²) in [7, 11) is 0. The SMILES string of the molecule is O=C(CSc1nnc(-c2ccccc2Cl)n1CCCCO)Nc1c(Cl)cccc1Cl. The van der Waals surface area contributed by atoms with Crippen molar-refractivity contribution in [2.75, 3.05) is 17.7 Å². The number of para-hydroxylation sites is 1. The quantitative estimate of drug-likeness (QED) is 0.313. The third-order valence-electron chi connectivity index (χ3n) is 4.18. The van der Waals surface area contributed by atoms with Gasteiger partial charge < -0.3 is 15.0 Å². The summed E-state index contributed by atoms with van der Waals surface area (Å²) >= 11 is 19.8. The number of carbonyl (C=O) groups is 1. The maximum atomic E-state index is 12.4. The number of nitrogens with zero attached hydrogens (tertiary/aromatic N) is 3. The molecule has 0 radical (unpaired) electrons. The van der Waals surface area contributed by atoms with Gasteiger partial charge >= 0.3 is 0 Å². The largest absolute Gasteiger partial charge is 0.396 e. The molecule has 158 valence electrons. The number of aliphatic hydroxyl groups is 1. The summed E-state index contributed by atoms with van der Waals surface area (Å²) in [6.45, 7) is 0.696. The van der Waals surface area contributed by atoms with Gasteiger partial charge in [0.25, 0.3) is 0 Å². The number of aliphatic hydroxyl groups excluding tert-OH is 1. The van der Waals surface area contributed by atoms with E-state index in [-0.39, 0.29) is 18.3 Å². The zero-order valence-electron chi connectivity index (χ0n) is 15.8. The molecule has 0 unspecified atom stereocenters. The second-order valence-corrected chi connectivity index (χ2v) is 8.47. The van der Waals surface area contributed by atoms with Gasteiger partial charge in [-0.3, -0.25) is 4.79 Å². The number of anilines is 1. The topological polar surface area (TPSA) is 80.0 Å². The molecule has 6 nitrogen and oxygen atoms in total. The first-order valence-corrected chi connectivity index (χ1v) is 11.3. The van der Waals surface area contributed by atoms with Crippen molar-refractivity contribution in [2.24, 2.45) is 0 Å². The minimum atomic E-state index is -0.265. The van der Waals surface area contributed by atoms with Crippen molar-refractivity contribution >= 4 is 58.2 Å². The summed E-state index contributed by atoms with van der Waals surface area (Å²) in [5.41, 5.74) is 1.14. The minimum absolute atomic E-state index is 0.0994. The number of hydrogen-bond acceptors (Lipinski definition) is 5. The van der Waals surface area contributed by atoms with Gasteiger partial charge in [0.15, 0.2) is 11.0 Å². The Morgan fingerprint density at radius 1 is 1.00 bits per heavy atom. The van der Waals surface area contributed by atoms with Crippen LogP contribution >= 0.6 is 46.6 Å². The van der Waals surface area contributed by atoms with Crippen LogP contribution in [0.4, 0.5) is 5.69 Å². The van der Waals surface area contributed by atoms with E-state index >= 15 is 0 Å². The van der Waals surface area contributed by atoms with E-state index in [0.717, 1.165) is 12.0 Å². The van der Waals surface area contributed by atoms with E-state index < -0.39 is 0 Å². The number of thioether (sulfide) groups is 1. The Hall–Kier alpha value is -1.77. The Kier molecular flexibility index (Phi) is 8.41. The predicted molar refractivity (Wildman–Crippen MR) is 123 cm³/mol. The second kappa shape index (κ2) is 11.0. The average molecular weight is 486 g/mol. The van der Waals surface area contributed by atoms with Crippen molar-refractivity contribution in [3.63, 3.8) is 0 Å². The van der Waals surface area contributed by atoms with E-state index in [1.165, 1.54) is 11.8 Å². The van der Waals surface area contributed by atoms with Crippen LogP contribution in [-0.2, 0) is 11.3 Å². The summed E-state index contributed by atoms with van der Waals surface area (Å²) < 4.78 is 1.91. The molecule has 10 heteroatoms. The fourth-order valence-corrected chi connectivity index (χ4v) is 4.22. The lowest BCUT2D eigenvalue weighted by molar-refractivity contribution is -0.113. The van der Waals surface area contributed by atoms with Crippen LogP contribution in [-0.4, -0.2) is 38.1 Å². The van der Waals surface area contributed by atoms with E-state index in [2.05, 4.69) is 15.5 Å². The van der Waals surface area contributed by atoms with Crippen molar-refractivity contribution in [3.8, 4) is 11.4 Å². The van der Waals surface area contributed by atoms with Crippen molar-refractivity contribution in [1.29, 1.82) is 0 Å². The maximum absolute atomic E-state index is 12.4. The number of carbonyl (C=O) groups excluding carboxylic acids is 1. The van der Waals surface area contributed by atoms with Gasteiger partial charge in [-0.2, -0.15) is 0 Å². The molecule has 0 atom stereocenters. The van der Waals surface area contributed by atoms with Gasteiger partial charge in [0.2, 0.25) is 5.91 Å². The number of amides is 1. The number of nitrogens with one attached hydrogen (secondary N) is 1. The molecular weight excluding hydrogens is 467 g/mol. The maximum Gasteiger partial charge on any atom is 0.234 e. The highest BCUT2D eigenvalue weighted by Gasteiger charge is 2.18. The first-order chi connectivity index (χ1) is 14.5. The Balaban J connectivity index is 1.76. The van der Waals surface area contributed by atoms with E-state index in [1.54, 1.807) is 24.3 Å². The third-order valence-corrected chi connectivity index (χ3v) is 6.11. The Bertz CT molecular complexity index is 1010. The molecule has 2 N–H and O–H groups in total. The summed E-state index contributed by atoms with van der Waals surface area (Å²) in [6.07, 6.45) is 1.39. The molecule has 30 heavy (non-hydrogen) atoms. The first-order valence-electron chi connectivity index (χ1n) is 9.17. The number of aromatic nitrogens is 3. The summed E-state index contributed by atoms with van der Waals surface area (Å²) in [5.74, 6) is 0.456. The van der Waals surface area contributed by atoms with Crippen LogP contribution in [0.2, 0.25) is 15.1 Å². The van der Waals surface area contributed by atoms with Crippen LogP contribution in [0.25, 0.3) is 11.4 Å². The Labute approximate surface area is 193 Å². The van der Waals surface area contributed by atoms with Crippen LogP contribution in [0, 0.1) is 0 Å². The summed E-state index contributed by atoms with van der Waals surface area (Å²) in [4.78, 5) is 12.4. The van der Waals surface area contributed by atoms with E-state index in [0.29, 0.717) is 44.7 Å². The summed E-state index contributed by atoms with van der Waals surface area (Å²) in [5, 5.41) is 22.3. The normalized spacial score (nSPS) is 10.9. The number of benzene rings is 2. The van der Waals surface area contributed by atoms with Crippen molar-refractivity contribution in [3.05, 3.63) is 57.5 Å². The van der Waals surface area contributed by atoms with Crippen LogP contribution < -0.4 is 5.32 Å². The second-order valence-electron chi connectivity index (χ2n) is 6.30. The third kappa shape index (κ3) is 5.68. The standard InChI is InChI=1S/C20H19Cl3N4O2S/c21-14-7-2-1-6-13(14)19-25-26-20(27(19)10-3-4-11-28)30-12-17(29)24-18-15(22)8-5-9-16(18)23/h1-2,5-9,28H,3-4,10-12H2,(H,24,29). The van der Waals surface area contributed by atoms with Crippen molar-refractivity contribution in [1.82, 2.24) is 14.8 Å². The molecular formula is C20H19Cl3N4O2S. The van der Waals surface area contributed by atoms with Gasteiger partial charge in [0.1, 0.15) is 0 Å². The lowest BCUT2D eigenvalue weighted by Gasteiger charge is -2.11. The van der Waals surface area contributed by atoms with E-state index in [4.69, 9.17) is 39.9 Å². The molecule has 0 aliphatic heterocycles. The van der Waals surface area contributed by atoms with Crippen LogP contribution in [0.15, 0.2) is 47.6 Å². The van der Waals surface area contributed by atoms with E-state index in [9.17, 15) is 4.79 Å². The molecule has 2 aromatic carbocycles. The lowest BCUT2D eigenvalue weighted by Crippen LogP contribution is -2.15. The van der Waals surface area contributed by atoms with Gasteiger partial charge in [0.05, 0.1) is 26.5 Å². The molecule has 0 saturated carbocycles. The zero-order valence-corrected chi connectivity index (χ0v) is 18.9. The van der Waals surface area contributed by atoms with Crippen LogP contribution in [0.3, 0.4) is 0 Å². The fourth-order valence-electron chi connectivity index (χ4n) is 2.74. The summed E-state index contributed by atoms with van der Waals surface area (Å²) in [6, 6.07) is 12.4. The van der Waals surface area contributed by atoms with Gasteiger partial charge in [-0.05, 0) is 37.1 Å². The molecule has 3 rings (SSSR count). The monoisotopic (exact) mass is 484 g/mol. The molecule has 0 fully saturated rings. The molecule has 0 bridgehead atoms.